The monoisotopic (exact) mass is 341 g/mol. The van der Waals surface area contributed by atoms with Crippen LogP contribution in [0.1, 0.15) is 43.7 Å². The molecule has 6 nitrogen and oxygen atoms in total. The summed E-state index contributed by atoms with van der Waals surface area (Å²) in [5, 5.41) is 19.2. The van der Waals surface area contributed by atoms with Gasteiger partial charge in [-0.3, -0.25) is 0 Å². The Labute approximate surface area is 146 Å². The molecule has 1 N–H and O–H groups in total. The summed E-state index contributed by atoms with van der Waals surface area (Å²) in [6.07, 6.45) is 5.78. The smallest absolute Gasteiger partial charge is 0.168 e. The van der Waals surface area contributed by atoms with E-state index in [1.54, 1.807) is 0 Å². The fraction of sp³-hybridized carbons (Fsp3) is 0.579. The number of ether oxygens (including phenoxy) is 2. The molecular formula is C19H23N3O3. The first-order valence-corrected chi connectivity index (χ1v) is 9.21. The standard InChI is InChI=1S/C19H23N3O3/c23-18(13-5-7-19(8-6-13)24-9-10-25-19)11-16-14-3-1-2-4-15(14)17-12-20-21-22(16)17/h1-4,12-13,16,18,23H,5-11H2. The first-order chi connectivity index (χ1) is 12.3. The number of nitrogens with zero attached hydrogens (tertiary/aromatic N) is 3. The van der Waals surface area contributed by atoms with Gasteiger partial charge in [-0.1, -0.05) is 29.5 Å². The van der Waals surface area contributed by atoms with Crippen LogP contribution >= 0.6 is 0 Å². The van der Waals surface area contributed by atoms with Crippen molar-refractivity contribution in [3.63, 3.8) is 0 Å². The van der Waals surface area contributed by atoms with E-state index in [0.717, 1.165) is 31.4 Å². The second kappa shape index (κ2) is 5.90. The Kier molecular flexibility index (Phi) is 3.66. The third kappa shape index (κ3) is 2.51. The Morgan fingerprint density at radius 2 is 1.96 bits per heavy atom. The maximum absolute atomic E-state index is 10.9. The molecular weight excluding hydrogens is 318 g/mol. The summed E-state index contributed by atoms with van der Waals surface area (Å²) < 4.78 is 13.6. The van der Waals surface area contributed by atoms with Crippen LogP contribution in [0.25, 0.3) is 11.3 Å². The van der Waals surface area contributed by atoms with Gasteiger partial charge >= 0.3 is 0 Å². The lowest BCUT2D eigenvalue weighted by atomic mass is 9.80. The molecule has 5 rings (SSSR count). The minimum Gasteiger partial charge on any atom is -0.393 e. The third-order valence-electron chi connectivity index (χ3n) is 6.08. The van der Waals surface area contributed by atoms with Crippen molar-refractivity contribution in [3.05, 3.63) is 36.0 Å². The fourth-order valence-corrected chi connectivity index (χ4v) is 4.72. The van der Waals surface area contributed by atoms with Crippen molar-refractivity contribution >= 4 is 0 Å². The van der Waals surface area contributed by atoms with Crippen LogP contribution in [0.2, 0.25) is 0 Å². The van der Waals surface area contributed by atoms with E-state index in [1.165, 1.54) is 11.1 Å². The van der Waals surface area contributed by atoms with Gasteiger partial charge in [0.25, 0.3) is 0 Å². The predicted molar refractivity (Wildman–Crippen MR) is 90.8 cm³/mol. The van der Waals surface area contributed by atoms with Crippen molar-refractivity contribution in [1.82, 2.24) is 15.0 Å². The molecule has 25 heavy (non-hydrogen) atoms. The van der Waals surface area contributed by atoms with Crippen molar-refractivity contribution < 1.29 is 14.6 Å². The van der Waals surface area contributed by atoms with Gasteiger partial charge in [-0.25, -0.2) is 4.68 Å². The molecule has 1 aromatic carbocycles. The molecule has 0 amide bonds. The number of aromatic nitrogens is 3. The van der Waals surface area contributed by atoms with E-state index in [2.05, 4.69) is 28.5 Å². The topological polar surface area (TPSA) is 69.4 Å². The van der Waals surface area contributed by atoms with Crippen molar-refractivity contribution in [2.75, 3.05) is 13.2 Å². The van der Waals surface area contributed by atoms with Crippen LogP contribution in [0.15, 0.2) is 30.5 Å². The van der Waals surface area contributed by atoms with Crippen molar-refractivity contribution in [2.45, 2.75) is 50.0 Å². The van der Waals surface area contributed by atoms with Crippen LogP contribution in [-0.2, 0) is 9.47 Å². The van der Waals surface area contributed by atoms with E-state index in [9.17, 15) is 5.11 Å². The van der Waals surface area contributed by atoms with Gasteiger partial charge in [-0.2, -0.15) is 0 Å². The summed E-state index contributed by atoms with van der Waals surface area (Å²) in [4.78, 5) is 0. The van der Waals surface area contributed by atoms with E-state index in [-0.39, 0.29) is 23.9 Å². The van der Waals surface area contributed by atoms with E-state index in [0.29, 0.717) is 19.6 Å². The maximum Gasteiger partial charge on any atom is 0.168 e. The molecule has 2 aliphatic heterocycles. The zero-order valence-corrected chi connectivity index (χ0v) is 14.2. The number of aliphatic hydroxyl groups excluding tert-OH is 1. The molecule has 2 unspecified atom stereocenters. The zero-order valence-electron chi connectivity index (χ0n) is 14.2. The molecule has 1 aliphatic carbocycles. The minimum absolute atomic E-state index is 0.0681. The Hall–Kier alpha value is -1.76. The average molecular weight is 341 g/mol. The second-order valence-electron chi connectivity index (χ2n) is 7.41. The summed E-state index contributed by atoms with van der Waals surface area (Å²) in [5.74, 6) is -0.0759. The molecule has 3 aliphatic rings. The van der Waals surface area contributed by atoms with E-state index < -0.39 is 0 Å². The van der Waals surface area contributed by atoms with Gasteiger partial charge in [0.1, 0.15) is 0 Å². The van der Waals surface area contributed by atoms with Crippen LogP contribution in [0.4, 0.5) is 0 Å². The molecule has 132 valence electrons. The van der Waals surface area contributed by atoms with Gasteiger partial charge < -0.3 is 14.6 Å². The van der Waals surface area contributed by atoms with Gasteiger partial charge in [-0.05, 0) is 24.3 Å². The Bertz CT molecular complexity index is 759. The van der Waals surface area contributed by atoms with Crippen molar-refractivity contribution in [1.29, 1.82) is 0 Å². The summed E-state index contributed by atoms with van der Waals surface area (Å²) in [5.41, 5.74) is 3.46. The van der Waals surface area contributed by atoms with E-state index in [1.807, 2.05) is 16.9 Å². The van der Waals surface area contributed by atoms with Crippen LogP contribution in [0.5, 0.6) is 0 Å². The largest absolute Gasteiger partial charge is 0.393 e. The molecule has 1 spiro atoms. The summed E-state index contributed by atoms with van der Waals surface area (Å²) in [6.45, 7) is 1.39. The average Bonchev–Trinajstić information content (AvgIpc) is 3.35. The van der Waals surface area contributed by atoms with Crippen molar-refractivity contribution in [2.24, 2.45) is 5.92 Å². The van der Waals surface area contributed by atoms with Crippen LogP contribution in [0.3, 0.4) is 0 Å². The van der Waals surface area contributed by atoms with Gasteiger partial charge in [0.2, 0.25) is 0 Å². The molecule has 1 aromatic heterocycles. The van der Waals surface area contributed by atoms with Gasteiger partial charge in [0.05, 0.1) is 37.3 Å². The number of benzene rings is 1. The number of hydrogen-bond donors (Lipinski definition) is 1. The first kappa shape index (κ1) is 15.5. The SMILES string of the molecule is OC(CC1c2ccccc2-c2cnnn21)C1CCC2(CC1)OCCO2. The van der Waals surface area contributed by atoms with Gasteiger partial charge in [-0.15, -0.1) is 5.10 Å². The molecule has 2 fully saturated rings. The highest BCUT2D eigenvalue weighted by atomic mass is 16.7. The Balaban J connectivity index is 1.31. The predicted octanol–water partition coefficient (Wildman–Crippen LogP) is 2.53. The highest BCUT2D eigenvalue weighted by molar-refractivity contribution is 5.68. The summed E-state index contributed by atoms with van der Waals surface area (Å²) >= 11 is 0. The lowest BCUT2D eigenvalue weighted by Gasteiger charge is -2.37. The zero-order chi connectivity index (χ0) is 16.9. The Morgan fingerprint density at radius 1 is 1.20 bits per heavy atom. The highest BCUT2D eigenvalue weighted by Gasteiger charge is 2.42. The molecule has 2 aromatic rings. The highest BCUT2D eigenvalue weighted by Crippen LogP contribution is 2.44. The molecule has 2 atom stereocenters. The molecule has 1 saturated carbocycles. The first-order valence-electron chi connectivity index (χ1n) is 9.21. The van der Waals surface area contributed by atoms with Crippen LogP contribution in [0, 0.1) is 5.92 Å². The summed E-state index contributed by atoms with van der Waals surface area (Å²) in [6, 6.07) is 8.40. The number of aliphatic hydroxyl groups is 1. The second-order valence-corrected chi connectivity index (χ2v) is 7.41. The third-order valence-corrected chi connectivity index (χ3v) is 6.08. The lowest BCUT2D eigenvalue weighted by Crippen LogP contribution is -2.38. The van der Waals surface area contributed by atoms with E-state index >= 15 is 0 Å². The molecule has 3 heterocycles. The molecule has 6 heteroatoms. The van der Waals surface area contributed by atoms with Crippen LogP contribution < -0.4 is 0 Å². The minimum atomic E-state index is -0.366. The fourth-order valence-electron chi connectivity index (χ4n) is 4.72. The number of hydrogen-bond acceptors (Lipinski definition) is 5. The summed E-state index contributed by atoms with van der Waals surface area (Å²) in [7, 11) is 0. The molecule has 1 saturated heterocycles. The Morgan fingerprint density at radius 3 is 2.76 bits per heavy atom. The quantitative estimate of drug-likeness (QED) is 0.929. The van der Waals surface area contributed by atoms with E-state index in [4.69, 9.17) is 9.47 Å². The van der Waals surface area contributed by atoms with Crippen LogP contribution in [-0.4, -0.2) is 45.2 Å². The van der Waals surface area contributed by atoms with Gasteiger partial charge in [0.15, 0.2) is 5.79 Å². The lowest BCUT2D eigenvalue weighted by molar-refractivity contribution is -0.187. The normalized spacial score (nSPS) is 25.9. The van der Waals surface area contributed by atoms with Gasteiger partial charge in [0, 0.05) is 24.8 Å². The molecule has 0 bridgehead atoms. The van der Waals surface area contributed by atoms with Crippen molar-refractivity contribution in [3.8, 4) is 11.3 Å². The number of fused-ring (bicyclic) bond motifs is 3. The number of rotatable bonds is 3. The molecule has 0 radical (unpaired) electrons. The maximum atomic E-state index is 10.9.